The topological polar surface area (TPSA) is 88.4 Å². The van der Waals surface area contributed by atoms with E-state index in [1.165, 1.54) is 18.8 Å². The fourth-order valence-corrected chi connectivity index (χ4v) is 2.23. The van der Waals surface area contributed by atoms with Crippen LogP contribution in [0.4, 0.5) is 4.79 Å². The molecule has 0 spiro atoms. The van der Waals surface area contributed by atoms with E-state index in [0.29, 0.717) is 10.8 Å². The lowest BCUT2D eigenvalue weighted by atomic mass is 10.4. The molecular formula is C11H13N5O2S. The molecule has 8 heteroatoms. The molecule has 2 aromatic heterocycles. The van der Waals surface area contributed by atoms with E-state index in [1.54, 1.807) is 11.3 Å². The molecule has 2 heterocycles. The molecule has 2 N–H and O–H groups in total. The van der Waals surface area contributed by atoms with Gasteiger partial charge in [-0.05, 0) is 19.1 Å². The van der Waals surface area contributed by atoms with Gasteiger partial charge in [-0.2, -0.15) is 0 Å². The number of nitrogens with zero attached hydrogens (tertiary/aromatic N) is 3. The Morgan fingerprint density at radius 3 is 2.89 bits per heavy atom. The molecule has 19 heavy (non-hydrogen) atoms. The maximum atomic E-state index is 11.7. The normalized spacial score (nSPS) is 12.1. The Morgan fingerprint density at radius 1 is 1.37 bits per heavy atom. The van der Waals surface area contributed by atoms with Gasteiger partial charge < -0.3 is 5.32 Å². The Kier molecular flexibility index (Phi) is 4.00. The van der Waals surface area contributed by atoms with Crippen LogP contribution in [0.15, 0.2) is 29.6 Å². The van der Waals surface area contributed by atoms with Gasteiger partial charge in [-0.25, -0.2) is 4.79 Å². The van der Waals surface area contributed by atoms with Crippen LogP contribution in [-0.2, 0) is 4.79 Å². The van der Waals surface area contributed by atoms with Gasteiger partial charge in [-0.3, -0.25) is 14.5 Å². The SMILES string of the molecule is CNC(=O)NC(=O)C(C)Sc1nnc2ccccn12. The number of amides is 3. The second-order valence-corrected chi connectivity index (χ2v) is 5.05. The van der Waals surface area contributed by atoms with Crippen LogP contribution < -0.4 is 10.6 Å². The minimum Gasteiger partial charge on any atom is -0.341 e. The summed E-state index contributed by atoms with van der Waals surface area (Å²) in [6, 6.07) is 5.02. The summed E-state index contributed by atoms with van der Waals surface area (Å²) in [5.41, 5.74) is 0.712. The zero-order valence-corrected chi connectivity index (χ0v) is 11.3. The number of nitrogens with one attached hydrogen (secondary N) is 2. The number of hydrogen-bond donors (Lipinski definition) is 2. The summed E-state index contributed by atoms with van der Waals surface area (Å²) in [4.78, 5) is 22.8. The van der Waals surface area contributed by atoms with Gasteiger partial charge in [0.05, 0.1) is 5.25 Å². The quantitative estimate of drug-likeness (QED) is 0.806. The van der Waals surface area contributed by atoms with Crippen molar-refractivity contribution in [1.29, 1.82) is 0 Å². The first-order valence-electron chi connectivity index (χ1n) is 5.61. The zero-order valence-electron chi connectivity index (χ0n) is 10.5. The minimum atomic E-state index is -0.524. The lowest BCUT2D eigenvalue weighted by Gasteiger charge is -2.09. The molecule has 0 bridgehead atoms. The summed E-state index contributed by atoms with van der Waals surface area (Å²) >= 11 is 1.24. The molecule has 7 nitrogen and oxygen atoms in total. The minimum absolute atomic E-state index is 0.378. The van der Waals surface area contributed by atoms with Crippen molar-refractivity contribution in [3.05, 3.63) is 24.4 Å². The summed E-state index contributed by atoms with van der Waals surface area (Å²) in [5, 5.41) is 12.7. The standard InChI is InChI=1S/C11H13N5O2S/c1-7(9(17)13-10(18)12-2)19-11-15-14-8-5-3-4-6-16(8)11/h3-7H,1-2H3,(H2,12,13,17,18). The molecule has 0 aliphatic carbocycles. The molecule has 0 saturated heterocycles. The largest absolute Gasteiger partial charge is 0.341 e. The van der Waals surface area contributed by atoms with Gasteiger partial charge in [0.1, 0.15) is 0 Å². The molecule has 2 rings (SSSR count). The number of rotatable bonds is 3. The van der Waals surface area contributed by atoms with Crippen LogP contribution in [0.2, 0.25) is 0 Å². The van der Waals surface area contributed by atoms with Crippen molar-refractivity contribution in [2.45, 2.75) is 17.3 Å². The number of hydrogen-bond acceptors (Lipinski definition) is 5. The van der Waals surface area contributed by atoms with Crippen molar-refractivity contribution in [1.82, 2.24) is 25.2 Å². The average molecular weight is 279 g/mol. The molecule has 0 aliphatic rings. The van der Waals surface area contributed by atoms with Gasteiger partial charge in [0.25, 0.3) is 0 Å². The number of carbonyl (C=O) groups is 2. The van der Waals surface area contributed by atoms with Crippen molar-refractivity contribution < 1.29 is 9.59 Å². The Morgan fingerprint density at radius 2 is 2.16 bits per heavy atom. The van der Waals surface area contributed by atoms with Crippen LogP contribution in [0.1, 0.15) is 6.92 Å². The Bertz CT molecular complexity index is 612. The Hall–Kier alpha value is -2.09. The van der Waals surface area contributed by atoms with Crippen LogP contribution >= 0.6 is 11.8 Å². The van der Waals surface area contributed by atoms with Gasteiger partial charge in [-0.1, -0.05) is 17.8 Å². The number of pyridine rings is 1. The third kappa shape index (κ3) is 3.02. The molecule has 3 amide bonds. The smallest absolute Gasteiger partial charge is 0.321 e. The third-order valence-corrected chi connectivity index (χ3v) is 3.45. The van der Waals surface area contributed by atoms with Crippen LogP contribution in [0, 0.1) is 0 Å². The number of carbonyl (C=O) groups excluding carboxylic acids is 2. The summed E-state index contributed by atoms with van der Waals surface area (Å²) < 4.78 is 1.79. The molecule has 100 valence electrons. The molecule has 2 aromatic rings. The Labute approximate surface area is 113 Å². The fraction of sp³-hybridized carbons (Fsp3) is 0.273. The molecule has 0 saturated carbocycles. The zero-order chi connectivity index (χ0) is 13.8. The van der Waals surface area contributed by atoms with Crippen LogP contribution in [0.5, 0.6) is 0 Å². The highest BCUT2D eigenvalue weighted by atomic mass is 32.2. The molecule has 0 aliphatic heterocycles. The molecule has 1 atom stereocenters. The second kappa shape index (κ2) is 5.70. The lowest BCUT2D eigenvalue weighted by Crippen LogP contribution is -2.41. The van der Waals surface area contributed by atoms with Crippen molar-refractivity contribution in [2.75, 3.05) is 7.05 Å². The third-order valence-electron chi connectivity index (χ3n) is 2.40. The molecule has 0 fully saturated rings. The highest BCUT2D eigenvalue weighted by Crippen LogP contribution is 2.21. The number of urea groups is 1. The van der Waals surface area contributed by atoms with Crippen molar-refractivity contribution in [2.24, 2.45) is 0 Å². The van der Waals surface area contributed by atoms with Gasteiger partial charge in [0.2, 0.25) is 5.91 Å². The summed E-state index contributed by atoms with van der Waals surface area (Å²) in [5.74, 6) is -0.378. The van der Waals surface area contributed by atoms with E-state index in [2.05, 4.69) is 20.8 Å². The van der Waals surface area contributed by atoms with Crippen molar-refractivity contribution >= 4 is 29.3 Å². The predicted octanol–water partition coefficient (Wildman–Crippen LogP) is 0.665. The van der Waals surface area contributed by atoms with E-state index in [4.69, 9.17) is 0 Å². The predicted molar refractivity (Wildman–Crippen MR) is 70.9 cm³/mol. The number of fused-ring (bicyclic) bond motifs is 1. The van der Waals surface area contributed by atoms with Gasteiger partial charge in [0, 0.05) is 13.2 Å². The van der Waals surface area contributed by atoms with Crippen LogP contribution in [0.3, 0.4) is 0 Å². The molecular weight excluding hydrogens is 266 g/mol. The summed E-state index contributed by atoms with van der Waals surface area (Å²) in [7, 11) is 1.45. The van der Waals surface area contributed by atoms with E-state index in [0.717, 1.165) is 0 Å². The maximum absolute atomic E-state index is 11.7. The Balaban J connectivity index is 2.08. The molecule has 1 unspecified atom stereocenters. The fourth-order valence-electron chi connectivity index (χ4n) is 1.39. The maximum Gasteiger partial charge on any atom is 0.321 e. The first kappa shape index (κ1) is 13.3. The summed E-state index contributed by atoms with van der Waals surface area (Å²) in [6.45, 7) is 1.70. The van der Waals surface area contributed by atoms with Crippen molar-refractivity contribution in [3.8, 4) is 0 Å². The van der Waals surface area contributed by atoms with Crippen LogP contribution in [-0.4, -0.2) is 38.8 Å². The number of thioether (sulfide) groups is 1. The van der Waals surface area contributed by atoms with E-state index in [1.807, 2.05) is 24.4 Å². The number of imide groups is 1. The average Bonchev–Trinajstić information content (AvgIpc) is 2.82. The van der Waals surface area contributed by atoms with Gasteiger partial charge in [-0.15, -0.1) is 10.2 Å². The van der Waals surface area contributed by atoms with Gasteiger partial charge >= 0.3 is 6.03 Å². The van der Waals surface area contributed by atoms with Crippen molar-refractivity contribution in [3.63, 3.8) is 0 Å². The number of aromatic nitrogens is 3. The van der Waals surface area contributed by atoms with Gasteiger partial charge in [0.15, 0.2) is 10.8 Å². The van der Waals surface area contributed by atoms with E-state index in [-0.39, 0.29) is 5.91 Å². The second-order valence-electron chi connectivity index (χ2n) is 3.74. The first-order chi connectivity index (χ1) is 9.11. The lowest BCUT2D eigenvalue weighted by molar-refractivity contribution is -0.119. The molecule has 0 radical (unpaired) electrons. The van der Waals surface area contributed by atoms with Crippen LogP contribution in [0.25, 0.3) is 5.65 Å². The molecule has 0 aromatic carbocycles. The van der Waals surface area contributed by atoms with E-state index >= 15 is 0 Å². The summed E-state index contributed by atoms with van der Waals surface area (Å²) in [6.07, 6.45) is 1.82. The first-order valence-corrected chi connectivity index (χ1v) is 6.49. The van der Waals surface area contributed by atoms with E-state index in [9.17, 15) is 9.59 Å². The highest BCUT2D eigenvalue weighted by Gasteiger charge is 2.19. The monoisotopic (exact) mass is 279 g/mol. The van der Waals surface area contributed by atoms with E-state index < -0.39 is 11.3 Å². The highest BCUT2D eigenvalue weighted by molar-refractivity contribution is 8.00.